The van der Waals surface area contributed by atoms with Crippen LogP contribution in [0.25, 0.3) is 22.3 Å². The Morgan fingerprint density at radius 2 is 1.33 bits per heavy atom. The molecule has 0 aliphatic heterocycles. The number of hydrogen-bond donors (Lipinski definition) is 1. The molecule has 1 atom stereocenters. The SMILES string of the molecule is Cl.O=C(OC(CNCCCCc1ccccc1)COc1cccc2c(=O)cc(-c3ccccc3)oc12)C(c1ccccc1)c1ccccc1. The molecule has 49 heavy (non-hydrogen) atoms. The second-order valence-corrected chi connectivity index (χ2v) is 11.7. The lowest BCUT2D eigenvalue weighted by molar-refractivity contribution is -0.151. The van der Waals surface area contributed by atoms with Gasteiger partial charge in [-0.15, -0.1) is 12.4 Å². The van der Waals surface area contributed by atoms with Gasteiger partial charge in [0.15, 0.2) is 16.8 Å². The van der Waals surface area contributed by atoms with Crippen molar-refractivity contribution in [2.45, 2.75) is 31.3 Å². The quantitative estimate of drug-likeness (QED) is 0.0869. The second kappa shape index (κ2) is 17.8. The zero-order valence-corrected chi connectivity index (χ0v) is 28.0. The molecular formula is C42H40ClNO5. The van der Waals surface area contributed by atoms with E-state index in [2.05, 4.69) is 29.6 Å². The Balaban J connectivity index is 0.00000468. The molecule has 0 amide bonds. The van der Waals surface area contributed by atoms with Crippen LogP contribution in [0.3, 0.4) is 0 Å². The number of carbonyl (C=O) groups excluding carboxylic acids is 1. The topological polar surface area (TPSA) is 77.8 Å². The lowest BCUT2D eigenvalue weighted by Gasteiger charge is -2.23. The molecule has 0 aliphatic carbocycles. The van der Waals surface area contributed by atoms with Crippen LogP contribution in [0.5, 0.6) is 5.75 Å². The number of fused-ring (bicyclic) bond motifs is 1. The summed E-state index contributed by atoms with van der Waals surface area (Å²) in [4.78, 5) is 27.0. The molecule has 250 valence electrons. The predicted molar refractivity (Wildman–Crippen MR) is 198 cm³/mol. The molecule has 1 unspecified atom stereocenters. The van der Waals surface area contributed by atoms with E-state index in [-0.39, 0.29) is 30.4 Å². The van der Waals surface area contributed by atoms with Crippen molar-refractivity contribution in [1.29, 1.82) is 0 Å². The smallest absolute Gasteiger partial charge is 0.318 e. The van der Waals surface area contributed by atoms with E-state index in [0.717, 1.165) is 42.5 Å². The molecule has 0 saturated heterocycles. The monoisotopic (exact) mass is 673 g/mol. The third-order valence-electron chi connectivity index (χ3n) is 8.27. The zero-order valence-electron chi connectivity index (χ0n) is 27.2. The maximum Gasteiger partial charge on any atom is 0.318 e. The average molecular weight is 674 g/mol. The molecule has 7 heteroatoms. The first-order valence-corrected chi connectivity index (χ1v) is 16.5. The van der Waals surface area contributed by atoms with Gasteiger partial charge in [0, 0.05) is 18.2 Å². The van der Waals surface area contributed by atoms with Crippen LogP contribution >= 0.6 is 12.4 Å². The molecule has 0 radical (unpaired) electrons. The minimum Gasteiger partial charge on any atom is -0.486 e. The molecule has 0 aliphatic rings. The molecule has 6 nitrogen and oxygen atoms in total. The van der Waals surface area contributed by atoms with E-state index in [1.165, 1.54) is 11.6 Å². The Kier molecular flexibility index (Phi) is 12.8. The molecule has 0 bridgehead atoms. The van der Waals surface area contributed by atoms with Crippen molar-refractivity contribution in [3.63, 3.8) is 0 Å². The summed E-state index contributed by atoms with van der Waals surface area (Å²) in [5.41, 5.74) is 4.02. The number of unbranched alkanes of at least 4 members (excludes halogenated alkanes) is 1. The van der Waals surface area contributed by atoms with Crippen molar-refractivity contribution in [3.8, 4) is 17.1 Å². The normalized spacial score (nSPS) is 11.5. The predicted octanol–water partition coefficient (Wildman–Crippen LogP) is 8.62. The van der Waals surface area contributed by atoms with E-state index in [1.807, 2.05) is 97.1 Å². The highest BCUT2D eigenvalue weighted by molar-refractivity contribution is 5.85. The van der Waals surface area contributed by atoms with E-state index in [4.69, 9.17) is 13.9 Å². The Labute approximate surface area is 293 Å². The first-order chi connectivity index (χ1) is 23.7. The van der Waals surface area contributed by atoms with Gasteiger partial charge in [-0.2, -0.15) is 0 Å². The number of para-hydroxylation sites is 1. The van der Waals surface area contributed by atoms with Crippen LogP contribution in [-0.2, 0) is 16.0 Å². The Bertz CT molecular complexity index is 1910. The first kappa shape index (κ1) is 35.1. The van der Waals surface area contributed by atoms with Crippen molar-refractivity contribution in [3.05, 3.63) is 173 Å². The van der Waals surface area contributed by atoms with Gasteiger partial charge in [0.2, 0.25) is 0 Å². The van der Waals surface area contributed by atoms with E-state index in [0.29, 0.717) is 29.0 Å². The summed E-state index contributed by atoms with van der Waals surface area (Å²) < 4.78 is 18.8. The standard InChI is InChI=1S/C42H39NO5.ClH/c44-37-28-39(32-19-7-2-8-20-32)48-41-36(37)25-15-26-38(41)46-30-35(29-43-27-14-13-18-31-16-5-1-6-17-31)47-42(45)40(33-21-9-3-10-22-33)34-23-11-4-12-24-34;/h1-12,15-17,19-26,28,35,40,43H,13-14,18,27,29-30H2;1H. The third-order valence-corrected chi connectivity index (χ3v) is 8.27. The summed E-state index contributed by atoms with van der Waals surface area (Å²) in [5, 5.41) is 3.90. The lowest BCUT2D eigenvalue weighted by Crippen LogP contribution is -2.37. The maximum absolute atomic E-state index is 14.0. The third kappa shape index (κ3) is 9.47. The number of benzene rings is 5. The van der Waals surface area contributed by atoms with Gasteiger partial charge < -0.3 is 19.2 Å². The van der Waals surface area contributed by atoms with Gasteiger partial charge in [0.25, 0.3) is 0 Å². The molecule has 6 rings (SSSR count). The van der Waals surface area contributed by atoms with Crippen molar-refractivity contribution < 1.29 is 18.7 Å². The van der Waals surface area contributed by atoms with Crippen molar-refractivity contribution in [2.24, 2.45) is 0 Å². The van der Waals surface area contributed by atoms with Crippen LogP contribution in [-0.4, -0.2) is 31.8 Å². The van der Waals surface area contributed by atoms with Gasteiger partial charge in [-0.05, 0) is 54.6 Å². The van der Waals surface area contributed by atoms with Gasteiger partial charge in [-0.1, -0.05) is 127 Å². The van der Waals surface area contributed by atoms with Crippen LogP contribution in [0.4, 0.5) is 0 Å². The molecule has 1 heterocycles. The fourth-order valence-electron chi connectivity index (χ4n) is 5.80. The highest BCUT2D eigenvalue weighted by Crippen LogP contribution is 2.30. The fourth-order valence-corrected chi connectivity index (χ4v) is 5.80. The number of ether oxygens (including phenoxy) is 2. The number of hydrogen-bond acceptors (Lipinski definition) is 6. The van der Waals surface area contributed by atoms with E-state index in [1.54, 1.807) is 18.2 Å². The van der Waals surface area contributed by atoms with Crippen LogP contribution in [0, 0.1) is 0 Å². The van der Waals surface area contributed by atoms with Gasteiger partial charge in [-0.3, -0.25) is 9.59 Å². The van der Waals surface area contributed by atoms with Gasteiger partial charge in [-0.25, -0.2) is 0 Å². The van der Waals surface area contributed by atoms with E-state index >= 15 is 0 Å². The van der Waals surface area contributed by atoms with Crippen molar-refractivity contribution >= 4 is 29.3 Å². The van der Waals surface area contributed by atoms with Gasteiger partial charge in [0.1, 0.15) is 24.4 Å². The number of esters is 1. The molecule has 6 aromatic rings. The summed E-state index contributed by atoms with van der Waals surface area (Å²) in [6.45, 7) is 1.24. The molecule has 0 saturated carbocycles. The average Bonchev–Trinajstić information content (AvgIpc) is 3.13. The van der Waals surface area contributed by atoms with E-state index < -0.39 is 12.0 Å². The highest BCUT2D eigenvalue weighted by Gasteiger charge is 2.27. The fraction of sp³-hybridized carbons (Fsp3) is 0.190. The Morgan fingerprint density at radius 3 is 1.98 bits per heavy atom. The van der Waals surface area contributed by atoms with Gasteiger partial charge in [0.05, 0.1) is 5.39 Å². The zero-order chi connectivity index (χ0) is 33.0. The van der Waals surface area contributed by atoms with Crippen LogP contribution in [0.1, 0.15) is 35.4 Å². The minimum atomic E-state index is -0.610. The maximum atomic E-state index is 14.0. The summed E-state index contributed by atoms with van der Waals surface area (Å²) >= 11 is 0. The Hall–Kier alpha value is -5.17. The van der Waals surface area contributed by atoms with Crippen molar-refractivity contribution in [1.82, 2.24) is 5.32 Å². The summed E-state index contributed by atoms with van der Waals surface area (Å²) in [6, 6.07) is 46.0. The highest BCUT2D eigenvalue weighted by atomic mass is 35.5. The largest absolute Gasteiger partial charge is 0.486 e. The number of rotatable bonds is 15. The second-order valence-electron chi connectivity index (χ2n) is 11.7. The lowest BCUT2D eigenvalue weighted by atomic mass is 9.91. The molecular weight excluding hydrogens is 634 g/mol. The summed E-state index contributed by atoms with van der Waals surface area (Å²) in [7, 11) is 0. The summed E-state index contributed by atoms with van der Waals surface area (Å²) in [5.74, 6) is -0.0840. The van der Waals surface area contributed by atoms with Crippen LogP contribution in [0.15, 0.2) is 155 Å². The van der Waals surface area contributed by atoms with Crippen LogP contribution in [0.2, 0.25) is 0 Å². The number of aryl methyl sites for hydroxylation is 1. The van der Waals surface area contributed by atoms with E-state index in [9.17, 15) is 9.59 Å². The van der Waals surface area contributed by atoms with Crippen molar-refractivity contribution in [2.75, 3.05) is 19.7 Å². The molecule has 1 N–H and O–H groups in total. The van der Waals surface area contributed by atoms with Gasteiger partial charge >= 0.3 is 5.97 Å². The number of halogens is 1. The molecule has 5 aromatic carbocycles. The molecule has 1 aromatic heterocycles. The molecule has 0 fully saturated rings. The summed E-state index contributed by atoms with van der Waals surface area (Å²) in [6.07, 6.45) is 2.42. The minimum absolute atomic E-state index is 0. The molecule has 0 spiro atoms. The number of carbonyl (C=O) groups is 1. The first-order valence-electron chi connectivity index (χ1n) is 16.5. The Morgan fingerprint density at radius 1 is 0.714 bits per heavy atom. The van der Waals surface area contributed by atoms with Crippen LogP contribution < -0.4 is 15.5 Å². The number of nitrogens with one attached hydrogen (secondary N) is 1.